The Hall–Kier alpha value is -1.71. The van der Waals surface area contributed by atoms with Gasteiger partial charge in [0.05, 0.1) is 24.3 Å². The molecule has 0 atom stereocenters. The first-order valence-electron chi connectivity index (χ1n) is 7.75. The molecule has 1 aromatic rings. The summed E-state index contributed by atoms with van der Waals surface area (Å²) in [5, 5.41) is 0. The third kappa shape index (κ3) is 3.68. The zero-order valence-electron chi connectivity index (χ0n) is 12.9. The maximum absolute atomic E-state index is 12.9. The lowest BCUT2D eigenvalue weighted by Crippen LogP contribution is -2.49. The van der Waals surface area contributed by atoms with E-state index in [4.69, 9.17) is 9.47 Å². The van der Waals surface area contributed by atoms with E-state index in [9.17, 15) is 18.0 Å². The normalized spacial score (nSPS) is 21.1. The smallest absolute Gasteiger partial charge is 0.348 e. The van der Waals surface area contributed by atoms with Crippen molar-refractivity contribution in [3.8, 4) is 0 Å². The maximum atomic E-state index is 12.9. The fourth-order valence-electron chi connectivity index (χ4n) is 3.05. The number of carbonyl (C=O) groups is 1. The summed E-state index contributed by atoms with van der Waals surface area (Å²) in [5.74, 6) is -1.38. The van der Waals surface area contributed by atoms with E-state index in [1.807, 2.05) is 0 Å². The summed E-state index contributed by atoms with van der Waals surface area (Å²) >= 11 is 0. The average Bonchev–Trinajstić information content (AvgIpc) is 3.01. The molecule has 2 N–H and O–H groups in total. The molecule has 1 spiro atoms. The summed E-state index contributed by atoms with van der Waals surface area (Å²) in [6, 6.07) is 0.743. The molecule has 2 heterocycles. The van der Waals surface area contributed by atoms with Gasteiger partial charge in [0.2, 0.25) is 0 Å². The number of pyridine rings is 1. The van der Waals surface area contributed by atoms with Crippen LogP contribution in [0, 0.1) is 0 Å². The van der Waals surface area contributed by atoms with Gasteiger partial charge in [0.1, 0.15) is 0 Å². The molecule has 1 aliphatic carbocycles. The predicted octanol–water partition coefficient (Wildman–Crippen LogP) is 2.02. The topological polar surface area (TPSA) is 72.5 Å². The number of hydrazine groups is 1. The second-order valence-corrected chi connectivity index (χ2v) is 5.90. The number of halogens is 3. The molecule has 9 heteroatoms. The van der Waals surface area contributed by atoms with Crippen molar-refractivity contribution in [2.45, 2.75) is 43.7 Å². The molecule has 24 heavy (non-hydrogen) atoms. The highest BCUT2D eigenvalue weighted by Gasteiger charge is 2.40. The average molecular weight is 345 g/mol. The van der Waals surface area contributed by atoms with Gasteiger partial charge in [-0.25, -0.2) is 5.43 Å². The van der Waals surface area contributed by atoms with Gasteiger partial charge in [-0.1, -0.05) is 0 Å². The van der Waals surface area contributed by atoms with Gasteiger partial charge in [-0.05, 0) is 18.9 Å². The van der Waals surface area contributed by atoms with Crippen LogP contribution in [-0.2, 0) is 15.7 Å². The van der Waals surface area contributed by atoms with Crippen molar-refractivity contribution in [1.82, 2.24) is 15.8 Å². The fraction of sp³-hybridized carbons (Fsp3) is 0.600. The molecule has 0 unspecified atom stereocenters. The number of hydrogen-bond donors (Lipinski definition) is 2. The van der Waals surface area contributed by atoms with E-state index in [-0.39, 0.29) is 6.04 Å². The summed E-state index contributed by atoms with van der Waals surface area (Å²) in [6.07, 6.45) is 0.0659. The minimum Gasteiger partial charge on any atom is -0.348 e. The Bertz CT molecular complexity index is 593. The monoisotopic (exact) mass is 345 g/mol. The minimum absolute atomic E-state index is 0.0432. The number of ether oxygens (including phenoxy) is 2. The van der Waals surface area contributed by atoms with Gasteiger partial charge in [0, 0.05) is 31.3 Å². The number of nitrogens with one attached hydrogen (secondary N) is 2. The number of carbonyl (C=O) groups excluding carboxylic acids is 1. The van der Waals surface area contributed by atoms with Crippen molar-refractivity contribution >= 4 is 5.91 Å². The summed E-state index contributed by atoms with van der Waals surface area (Å²) in [7, 11) is 0. The Balaban J connectivity index is 1.55. The zero-order chi connectivity index (χ0) is 17.2. The number of amides is 1. The standard InChI is InChI=1S/C15H18F3N3O3/c16-15(17,18)12-3-6-19-9-11(12)13(22)21-20-10-1-4-14(5-2-10)23-7-8-24-14/h3,6,9-10,20H,1-2,4-5,7-8H2,(H,21,22). The first-order valence-corrected chi connectivity index (χ1v) is 7.75. The van der Waals surface area contributed by atoms with Crippen molar-refractivity contribution in [2.24, 2.45) is 0 Å². The Morgan fingerprint density at radius 3 is 2.54 bits per heavy atom. The predicted molar refractivity (Wildman–Crippen MR) is 76.7 cm³/mol. The lowest BCUT2D eigenvalue weighted by atomic mass is 9.90. The highest BCUT2D eigenvalue weighted by molar-refractivity contribution is 5.95. The van der Waals surface area contributed by atoms with Crippen LogP contribution >= 0.6 is 0 Å². The SMILES string of the molecule is O=C(NNC1CCC2(CC1)OCCO2)c1cnccc1C(F)(F)F. The van der Waals surface area contributed by atoms with Crippen LogP contribution in [0.3, 0.4) is 0 Å². The van der Waals surface area contributed by atoms with Crippen LogP contribution < -0.4 is 10.9 Å². The largest absolute Gasteiger partial charge is 0.417 e. The minimum atomic E-state index is -4.61. The molecule has 1 aliphatic heterocycles. The number of rotatable bonds is 3. The summed E-state index contributed by atoms with van der Waals surface area (Å²) in [5.41, 5.74) is 3.63. The van der Waals surface area contributed by atoms with Crippen molar-refractivity contribution in [3.63, 3.8) is 0 Å². The first kappa shape index (κ1) is 17.1. The molecule has 0 aromatic carbocycles. The second kappa shape index (κ2) is 6.66. The molecule has 3 rings (SSSR count). The number of alkyl halides is 3. The molecule has 2 aliphatic rings. The van der Waals surface area contributed by atoms with Gasteiger partial charge in [-0.3, -0.25) is 15.2 Å². The van der Waals surface area contributed by atoms with Crippen molar-refractivity contribution in [3.05, 3.63) is 29.6 Å². The maximum Gasteiger partial charge on any atom is 0.417 e. The lowest BCUT2D eigenvalue weighted by molar-refractivity contribution is -0.179. The lowest BCUT2D eigenvalue weighted by Gasteiger charge is -2.35. The van der Waals surface area contributed by atoms with Gasteiger partial charge in [-0.15, -0.1) is 0 Å². The molecule has 6 nitrogen and oxygen atoms in total. The first-order chi connectivity index (χ1) is 11.4. The van der Waals surface area contributed by atoms with Crippen LogP contribution in [0.1, 0.15) is 41.6 Å². The number of nitrogens with zero attached hydrogens (tertiary/aromatic N) is 1. The highest BCUT2D eigenvalue weighted by Crippen LogP contribution is 2.35. The van der Waals surface area contributed by atoms with Crippen molar-refractivity contribution < 1.29 is 27.4 Å². The third-order valence-corrected chi connectivity index (χ3v) is 4.32. The Morgan fingerprint density at radius 2 is 1.92 bits per heavy atom. The molecule has 0 radical (unpaired) electrons. The summed E-state index contributed by atoms with van der Waals surface area (Å²) in [4.78, 5) is 15.6. The van der Waals surface area contributed by atoms with Crippen LogP contribution in [0.25, 0.3) is 0 Å². The van der Waals surface area contributed by atoms with Crippen LogP contribution in [0.4, 0.5) is 13.2 Å². The number of aromatic nitrogens is 1. The fourth-order valence-corrected chi connectivity index (χ4v) is 3.05. The Kier molecular flexibility index (Phi) is 4.75. The van der Waals surface area contributed by atoms with Crippen LogP contribution in [-0.4, -0.2) is 35.9 Å². The molecule has 1 saturated carbocycles. The van der Waals surface area contributed by atoms with E-state index in [2.05, 4.69) is 15.8 Å². The summed E-state index contributed by atoms with van der Waals surface area (Å²) in [6.45, 7) is 1.16. The zero-order valence-corrected chi connectivity index (χ0v) is 12.9. The van der Waals surface area contributed by atoms with Crippen LogP contribution in [0.15, 0.2) is 18.5 Å². The van der Waals surface area contributed by atoms with Gasteiger partial charge >= 0.3 is 6.18 Å². The molecule has 132 valence electrons. The van der Waals surface area contributed by atoms with E-state index in [0.717, 1.165) is 18.5 Å². The molecular weight excluding hydrogens is 327 g/mol. The van der Waals surface area contributed by atoms with Gasteiger partial charge in [0.15, 0.2) is 5.79 Å². The Labute approximate surface area is 136 Å². The quantitative estimate of drug-likeness (QED) is 0.820. The summed E-state index contributed by atoms with van der Waals surface area (Å²) < 4.78 is 50.0. The number of hydrogen-bond acceptors (Lipinski definition) is 5. The Morgan fingerprint density at radius 1 is 1.25 bits per heavy atom. The van der Waals surface area contributed by atoms with E-state index < -0.39 is 29.0 Å². The van der Waals surface area contributed by atoms with Crippen molar-refractivity contribution in [2.75, 3.05) is 13.2 Å². The highest BCUT2D eigenvalue weighted by atomic mass is 19.4. The van der Waals surface area contributed by atoms with Gasteiger partial charge < -0.3 is 9.47 Å². The van der Waals surface area contributed by atoms with Gasteiger partial charge in [0.25, 0.3) is 5.91 Å². The molecule has 1 saturated heterocycles. The molecule has 2 fully saturated rings. The van der Waals surface area contributed by atoms with Crippen LogP contribution in [0.2, 0.25) is 0 Å². The molecular formula is C15H18F3N3O3. The molecule has 1 amide bonds. The van der Waals surface area contributed by atoms with E-state index in [1.54, 1.807) is 0 Å². The third-order valence-electron chi connectivity index (χ3n) is 4.32. The van der Waals surface area contributed by atoms with E-state index >= 15 is 0 Å². The van der Waals surface area contributed by atoms with E-state index in [0.29, 0.717) is 38.9 Å². The van der Waals surface area contributed by atoms with Gasteiger partial charge in [-0.2, -0.15) is 13.2 Å². The molecule has 0 bridgehead atoms. The van der Waals surface area contributed by atoms with Crippen LogP contribution in [0.5, 0.6) is 0 Å². The molecule has 1 aromatic heterocycles. The van der Waals surface area contributed by atoms with E-state index in [1.165, 1.54) is 0 Å². The second-order valence-electron chi connectivity index (χ2n) is 5.90. The van der Waals surface area contributed by atoms with Crippen molar-refractivity contribution in [1.29, 1.82) is 0 Å².